The van der Waals surface area contributed by atoms with Crippen molar-refractivity contribution in [2.24, 2.45) is 11.3 Å². The van der Waals surface area contributed by atoms with E-state index in [0.717, 1.165) is 25.0 Å². The normalized spacial score (nSPS) is 18.9. The van der Waals surface area contributed by atoms with Crippen LogP contribution in [0.25, 0.3) is 0 Å². The molecule has 31 heavy (non-hydrogen) atoms. The maximum atomic E-state index is 12.1. The summed E-state index contributed by atoms with van der Waals surface area (Å²) in [5.41, 5.74) is -0.731. The number of carbonyl (C=O) groups is 4. The Morgan fingerprint density at radius 1 is 1.19 bits per heavy atom. The Labute approximate surface area is 188 Å². The Balaban J connectivity index is 2.35. The van der Waals surface area contributed by atoms with E-state index < -0.39 is 23.5 Å². The Morgan fingerprint density at radius 2 is 1.81 bits per heavy atom. The molecule has 176 valence electrons. The number of nitrogens with one attached hydrogen (secondary N) is 2. The van der Waals surface area contributed by atoms with E-state index in [9.17, 15) is 29.4 Å². The van der Waals surface area contributed by atoms with Crippen LogP contribution in [0.4, 0.5) is 0 Å². The first kappa shape index (κ1) is 27.2. The summed E-state index contributed by atoms with van der Waals surface area (Å²) in [5, 5.41) is 24.3. The number of carboxylic acids is 2. The predicted molar refractivity (Wildman–Crippen MR) is 121 cm³/mol. The molecular formula is C22H36N2O6S. The highest BCUT2D eigenvalue weighted by Crippen LogP contribution is 2.51. The SMILES string of the molecule is CC(=O)CC(C)(C)NC(CSCCCCC=C(NC(=O)C1CC1(C)C)C(=O)O)C(=O)O. The first-order valence-corrected chi connectivity index (χ1v) is 11.7. The fraction of sp³-hybridized carbons (Fsp3) is 0.727. The first-order valence-electron chi connectivity index (χ1n) is 10.6. The molecule has 0 bridgehead atoms. The summed E-state index contributed by atoms with van der Waals surface area (Å²) in [6, 6.07) is -0.750. The number of hydrogen-bond donors (Lipinski definition) is 4. The lowest BCUT2D eigenvalue weighted by Crippen LogP contribution is -2.51. The highest BCUT2D eigenvalue weighted by Gasteiger charge is 2.50. The molecule has 1 rings (SSSR count). The zero-order chi connectivity index (χ0) is 23.8. The van der Waals surface area contributed by atoms with Crippen LogP contribution in [-0.4, -0.2) is 56.9 Å². The van der Waals surface area contributed by atoms with Crippen molar-refractivity contribution < 1.29 is 29.4 Å². The van der Waals surface area contributed by atoms with E-state index in [4.69, 9.17) is 0 Å². The highest BCUT2D eigenvalue weighted by molar-refractivity contribution is 7.99. The van der Waals surface area contributed by atoms with Gasteiger partial charge in [0.05, 0.1) is 0 Å². The largest absolute Gasteiger partial charge is 0.480 e. The van der Waals surface area contributed by atoms with Crippen molar-refractivity contribution in [1.82, 2.24) is 10.6 Å². The second-order valence-electron chi connectivity index (χ2n) is 9.53. The van der Waals surface area contributed by atoms with Crippen molar-refractivity contribution >= 4 is 35.4 Å². The van der Waals surface area contributed by atoms with Gasteiger partial charge in [-0.25, -0.2) is 4.79 Å². The van der Waals surface area contributed by atoms with Crippen LogP contribution in [0.15, 0.2) is 11.8 Å². The minimum absolute atomic E-state index is 0.000102. The molecule has 1 saturated carbocycles. The van der Waals surface area contributed by atoms with E-state index in [1.807, 2.05) is 27.7 Å². The maximum Gasteiger partial charge on any atom is 0.352 e. The Bertz CT molecular complexity index is 717. The quantitative estimate of drug-likeness (QED) is 0.218. The number of unbranched alkanes of at least 4 members (excludes halogenated alkanes) is 2. The van der Waals surface area contributed by atoms with Gasteiger partial charge in [-0.15, -0.1) is 0 Å². The van der Waals surface area contributed by atoms with Gasteiger partial charge in [0.25, 0.3) is 0 Å². The molecular weight excluding hydrogens is 420 g/mol. The molecule has 0 aromatic rings. The van der Waals surface area contributed by atoms with Crippen LogP contribution in [0.3, 0.4) is 0 Å². The third-order valence-electron chi connectivity index (χ3n) is 5.25. The fourth-order valence-electron chi connectivity index (χ4n) is 3.44. The van der Waals surface area contributed by atoms with Crippen molar-refractivity contribution in [3.05, 3.63) is 11.8 Å². The Hall–Kier alpha value is -1.87. The molecule has 0 aromatic carbocycles. The molecule has 4 N–H and O–H groups in total. The van der Waals surface area contributed by atoms with Crippen LogP contribution in [0, 0.1) is 11.3 Å². The second-order valence-corrected chi connectivity index (χ2v) is 10.7. The van der Waals surface area contributed by atoms with E-state index >= 15 is 0 Å². The number of ketones is 1. The molecule has 0 aromatic heterocycles. The number of allylic oxidation sites excluding steroid dienone is 1. The molecule has 0 saturated heterocycles. The summed E-state index contributed by atoms with van der Waals surface area (Å²) in [6.07, 6.45) is 4.60. The minimum atomic E-state index is -1.15. The number of amides is 1. The predicted octanol–water partition coefficient (Wildman–Crippen LogP) is 2.82. The molecule has 1 fully saturated rings. The first-order chi connectivity index (χ1) is 14.2. The van der Waals surface area contributed by atoms with Gasteiger partial charge < -0.3 is 15.5 Å². The fourth-order valence-corrected chi connectivity index (χ4v) is 4.48. The molecule has 9 heteroatoms. The van der Waals surface area contributed by atoms with Crippen LogP contribution in [0.1, 0.15) is 66.7 Å². The zero-order valence-corrected chi connectivity index (χ0v) is 19.9. The van der Waals surface area contributed by atoms with Gasteiger partial charge in [0.2, 0.25) is 5.91 Å². The third-order valence-corrected chi connectivity index (χ3v) is 6.39. The zero-order valence-electron chi connectivity index (χ0n) is 19.1. The molecule has 0 radical (unpaired) electrons. The number of carbonyl (C=O) groups excluding carboxylic acids is 2. The summed E-state index contributed by atoms with van der Waals surface area (Å²) < 4.78 is 0. The lowest BCUT2D eigenvalue weighted by Gasteiger charge is -2.29. The monoisotopic (exact) mass is 456 g/mol. The summed E-state index contributed by atoms with van der Waals surface area (Å²) in [7, 11) is 0. The number of aliphatic carboxylic acids is 2. The topological polar surface area (TPSA) is 133 Å². The van der Waals surface area contributed by atoms with Crippen LogP contribution >= 0.6 is 11.8 Å². The van der Waals surface area contributed by atoms with Gasteiger partial charge in [-0.1, -0.05) is 19.9 Å². The molecule has 8 nitrogen and oxygen atoms in total. The van der Waals surface area contributed by atoms with E-state index in [1.165, 1.54) is 24.8 Å². The molecule has 1 aliphatic rings. The molecule has 0 heterocycles. The maximum absolute atomic E-state index is 12.1. The summed E-state index contributed by atoms with van der Waals surface area (Å²) in [6.45, 7) is 9.06. The molecule has 1 amide bonds. The summed E-state index contributed by atoms with van der Waals surface area (Å²) >= 11 is 1.50. The number of rotatable bonds is 15. The number of Topliss-reactive ketones (excluding diaryl/α,β-unsaturated/α-hetero) is 1. The third kappa shape index (κ3) is 10.3. The van der Waals surface area contributed by atoms with Crippen LogP contribution in [0.5, 0.6) is 0 Å². The van der Waals surface area contributed by atoms with Crippen LogP contribution < -0.4 is 10.6 Å². The summed E-state index contributed by atoms with van der Waals surface area (Å²) in [4.78, 5) is 46.3. The van der Waals surface area contributed by atoms with Gasteiger partial charge in [-0.2, -0.15) is 11.8 Å². The lowest BCUT2D eigenvalue weighted by atomic mass is 9.97. The van der Waals surface area contributed by atoms with Crippen molar-refractivity contribution in [3.8, 4) is 0 Å². The van der Waals surface area contributed by atoms with Crippen molar-refractivity contribution in [2.45, 2.75) is 78.3 Å². The number of carboxylic acid groups (broad SMARTS) is 2. The van der Waals surface area contributed by atoms with Gasteiger partial charge in [-0.05, 0) is 57.6 Å². The molecule has 0 spiro atoms. The van der Waals surface area contributed by atoms with Gasteiger partial charge in [0.1, 0.15) is 17.5 Å². The van der Waals surface area contributed by atoms with E-state index in [-0.39, 0.29) is 35.1 Å². The molecule has 2 unspecified atom stereocenters. The van der Waals surface area contributed by atoms with Crippen LogP contribution in [0.2, 0.25) is 0 Å². The van der Waals surface area contributed by atoms with E-state index in [2.05, 4.69) is 10.6 Å². The van der Waals surface area contributed by atoms with Crippen LogP contribution in [-0.2, 0) is 19.2 Å². The van der Waals surface area contributed by atoms with Gasteiger partial charge >= 0.3 is 11.9 Å². The molecule has 2 atom stereocenters. The standard InChI is InChI=1S/C22H36N2O6S/c1-14(25)11-22(4,5)24-17(20(29)30)13-31-10-8-6-7-9-16(19(27)28)23-18(26)15-12-21(15,2)3/h9,15,17,24H,6-8,10-13H2,1-5H3,(H,23,26)(H,27,28)(H,29,30). The minimum Gasteiger partial charge on any atom is -0.480 e. The van der Waals surface area contributed by atoms with E-state index in [0.29, 0.717) is 12.2 Å². The second kappa shape index (κ2) is 11.7. The molecule has 0 aliphatic heterocycles. The van der Waals surface area contributed by atoms with Crippen molar-refractivity contribution in [2.75, 3.05) is 11.5 Å². The van der Waals surface area contributed by atoms with Crippen molar-refractivity contribution in [3.63, 3.8) is 0 Å². The number of hydrogen-bond acceptors (Lipinski definition) is 6. The van der Waals surface area contributed by atoms with Gasteiger partial charge in [-0.3, -0.25) is 19.7 Å². The van der Waals surface area contributed by atoms with Gasteiger partial charge in [0.15, 0.2) is 0 Å². The Morgan fingerprint density at radius 3 is 2.29 bits per heavy atom. The Kier molecular flexibility index (Phi) is 10.2. The van der Waals surface area contributed by atoms with Gasteiger partial charge in [0, 0.05) is 23.6 Å². The summed E-state index contributed by atoms with van der Waals surface area (Å²) in [5.74, 6) is -1.37. The smallest absolute Gasteiger partial charge is 0.352 e. The number of thioether (sulfide) groups is 1. The highest BCUT2D eigenvalue weighted by atomic mass is 32.2. The lowest BCUT2D eigenvalue weighted by molar-refractivity contribution is -0.139. The van der Waals surface area contributed by atoms with Crippen molar-refractivity contribution in [1.29, 1.82) is 0 Å². The van der Waals surface area contributed by atoms with E-state index in [1.54, 1.807) is 0 Å². The average molecular weight is 457 g/mol. The molecule has 1 aliphatic carbocycles. The average Bonchev–Trinajstić information content (AvgIpc) is 3.25.